The molecule has 2 aliphatic rings. The molecule has 2 aromatic rings. The maximum Gasteiger partial charge on any atom is 0.160 e. The number of ketones is 1. The molecular weight excluding hydrogens is 262 g/mol. The zero-order valence-corrected chi connectivity index (χ0v) is 11.2. The largest absolute Gasteiger partial charge is 0.348 e. The Kier molecular flexibility index (Phi) is 2.22. The average molecular weight is 276 g/mol. The van der Waals surface area contributed by atoms with E-state index in [1.807, 2.05) is 18.2 Å². The summed E-state index contributed by atoms with van der Waals surface area (Å²) in [5, 5.41) is 9.18. The smallest absolute Gasteiger partial charge is 0.160 e. The van der Waals surface area contributed by atoms with E-state index >= 15 is 0 Å². The standard InChI is InChI=1S/C14H14ClN3O/c15-10-2-1-3-11-12(10)13(17-16-11)18-7-4-9(19)8-14(18)5-6-14/h1-3H,4-8H2,(H,16,17). The predicted octanol–water partition coefficient (Wildman–Crippen LogP) is 2.92. The van der Waals surface area contributed by atoms with Gasteiger partial charge in [0.25, 0.3) is 0 Å². The first-order valence-corrected chi connectivity index (χ1v) is 6.99. The fraction of sp³-hybridized carbons (Fsp3) is 0.429. The van der Waals surface area contributed by atoms with Gasteiger partial charge in [0.2, 0.25) is 0 Å². The summed E-state index contributed by atoms with van der Waals surface area (Å²) >= 11 is 6.31. The third kappa shape index (κ3) is 1.59. The van der Waals surface area contributed by atoms with E-state index in [2.05, 4.69) is 15.1 Å². The molecule has 1 spiro atoms. The number of aromatic nitrogens is 2. The molecule has 0 amide bonds. The van der Waals surface area contributed by atoms with Gasteiger partial charge in [-0.2, -0.15) is 5.10 Å². The number of hydrogen-bond acceptors (Lipinski definition) is 3. The monoisotopic (exact) mass is 275 g/mol. The predicted molar refractivity (Wildman–Crippen MR) is 74.7 cm³/mol. The van der Waals surface area contributed by atoms with E-state index in [0.29, 0.717) is 23.6 Å². The SMILES string of the molecule is O=C1CCN(c2n[nH]c3cccc(Cl)c23)C2(CC2)C1. The third-order valence-corrected chi connectivity index (χ3v) is 4.63. The fourth-order valence-electron chi connectivity index (χ4n) is 3.16. The lowest BCUT2D eigenvalue weighted by Crippen LogP contribution is -2.45. The molecule has 1 aliphatic carbocycles. The van der Waals surface area contributed by atoms with Gasteiger partial charge in [-0.15, -0.1) is 0 Å². The maximum absolute atomic E-state index is 11.7. The van der Waals surface area contributed by atoms with Crippen LogP contribution in [-0.2, 0) is 4.79 Å². The molecule has 0 bridgehead atoms. The molecular formula is C14H14ClN3O. The second-order valence-electron chi connectivity index (χ2n) is 5.55. The molecule has 4 rings (SSSR count). The van der Waals surface area contributed by atoms with E-state index in [1.165, 1.54) is 0 Å². The van der Waals surface area contributed by atoms with Gasteiger partial charge >= 0.3 is 0 Å². The quantitative estimate of drug-likeness (QED) is 0.870. The third-order valence-electron chi connectivity index (χ3n) is 4.32. The molecule has 1 N–H and O–H groups in total. The van der Waals surface area contributed by atoms with Crippen molar-refractivity contribution in [3.05, 3.63) is 23.2 Å². The summed E-state index contributed by atoms with van der Waals surface area (Å²) in [7, 11) is 0. The molecule has 0 radical (unpaired) electrons. The number of hydrogen-bond donors (Lipinski definition) is 1. The summed E-state index contributed by atoms with van der Waals surface area (Å²) in [6.07, 6.45) is 3.43. The van der Waals surface area contributed by atoms with E-state index in [0.717, 1.165) is 36.1 Å². The van der Waals surface area contributed by atoms with E-state index in [4.69, 9.17) is 11.6 Å². The Hall–Kier alpha value is -1.55. The van der Waals surface area contributed by atoms with Gasteiger partial charge in [-0.3, -0.25) is 9.89 Å². The minimum absolute atomic E-state index is 0.0244. The minimum Gasteiger partial charge on any atom is -0.348 e. The van der Waals surface area contributed by atoms with Gasteiger partial charge in [-0.25, -0.2) is 0 Å². The first-order chi connectivity index (χ1) is 9.20. The van der Waals surface area contributed by atoms with E-state index < -0.39 is 0 Å². The van der Waals surface area contributed by atoms with Crippen molar-refractivity contribution in [1.82, 2.24) is 10.2 Å². The number of anilines is 1. The van der Waals surface area contributed by atoms with Gasteiger partial charge in [0.1, 0.15) is 5.78 Å². The Morgan fingerprint density at radius 3 is 3.00 bits per heavy atom. The Morgan fingerprint density at radius 2 is 2.21 bits per heavy atom. The summed E-state index contributed by atoms with van der Waals surface area (Å²) in [4.78, 5) is 14.0. The highest BCUT2D eigenvalue weighted by molar-refractivity contribution is 6.36. The summed E-state index contributed by atoms with van der Waals surface area (Å²) in [6, 6.07) is 5.78. The molecule has 5 heteroatoms. The highest BCUT2D eigenvalue weighted by Gasteiger charge is 2.52. The van der Waals surface area contributed by atoms with Crippen LogP contribution in [0.1, 0.15) is 25.7 Å². The summed E-state index contributed by atoms with van der Waals surface area (Å²) in [5.74, 6) is 1.28. The number of halogens is 1. The molecule has 98 valence electrons. The number of fused-ring (bicyclic) bond motifs is 1. The molecule has 1 saturated carbocycles. The molecule has 1 saturated heterocycles. The molecule has 1 aromatic heterocycles. The molecule has 0 atom stereocenters. The van der Waals surface area contributed by atoms with Crippen molar-refractivity contribution < 1.29 is 4.79 Å². The van der Waals surface area contributed by atoms with Crippen LogP contribution in [-0.4, -0.2) is 28.1 Å². The lowest BCUT2D eigenvalue weighted by atomic mass is 9.98. The number of H-pyrrole nitrogens is 1. The van der Waals surface area contributed by atoms with Gasteiger partial charge in [0.05, 0.1) is 15.9 Å². The molecule has 4 nitrogen and oxygen atoms in total. The molecule has 0 unspecified atom stereocenters. The number of carbonyl (C=O) groups excluding carboxylic acids is 1. The van der Waals surface area contributed by atoms with Gasteiger partial charge in [0, 0.05) is 24.9 Å². The van der Waals surface area contributed by atoms with Gasteiger partial charge < -0.3 is 4.90 Å². The molecule has 1 aromatic carbocycles. The van der Waals surface area contributed by atoms with Crippen molar-refractivity contribution in [2.24, 2.45) is 0 Å². The molecule has 1 aliphatic heterocycles. The number of benzene rings is 1. The lowest BCUT2D eigenvalue weighted by molar-refractivity contribution is -0.120. The van der Waals surface area contributed by atoms with Crippen LogP contribution in [0, 0.1) is 0 Å². The van der Waals surface area contributed by atoms with Gasteiger partial charge in [-0.1, -0.05) is 17.7 Å². The Labute approximate surface area is 115 Å². The number of carbonyl (C=O) groups is 1. The topological polar surface area (TPSA) is 49.0 Å². The fourth-order valence-corrected chi connectivity index (χ4v) is 3.41. The van der Waals surface area contributed by atoms with Crippen molar-refractivity contribution in [2.75, 3.05) is 11.4 Å². The molecule has 2 heterocycles. The van der Waals surface area contributed by atoms with Crippen LogP contribution in [0.25, 0.3) is 10.9 Å². The summed E-state index contributed by atoms with van der Waals surface area (Å²) in [5.41, 5.74) is 0.978. The number of nitrogens with zero attached hydrogens (tertiary/aromatic N) is 2. The number of nitrogens with one attached hydrogen (secondary N) is 1. The van der Waals surface area contributed by atoms with Crippen molar-refractivity contribution in [3.63, 3.8) is 0 Å². The lowest BCUT2D eigenvalue weighted by Gasteiger charge is -2.36. The second-order valence-corrected chi connectivity index (χ2v) is 5.96. The van der Waals surface area contributed by atoms with Crippen molar-refractivity contribution >= 4 is 34.1 Å². The van der Waals surface area contributed by atoms with Crippen LogP contribution in [0.3, 0.4) is 0 Å². The number of aromatic amines is 1. The second kappa shape index (κ2) is 3.73. The summed E-state index contributed by atoms with van der Waals surface area (Å²) in [6.45, 7) is 0.754. The normalized spacial score (nSPS) is 21.3. The molecule has 19 heavy (non-hydrogen) atoms. The Bertz CT molecular complexity index is 674. The number of rotatable bonds is 1. The van der Waals surface area contributed by atoms with Crippen LogP contribution in [0.5, 0.6) is 0 Å². The van der Waals surface area contributed by atoms with Gasteiger partial charge in [-0.05, 0) is 25.0 Å². The summed E-state index contributed by atoms with van der Waals surface area (Å²) < 4.78 is 0. The van der Waals surface area contributed by atoms with Crippen LogP contribution < -0.4 is 4.90 Å². The number of piperidine rings is 1. The Morgan fingerprint density at radius 1 is 1.37 bits per heavy atom. The van der Waals surface area contributed by atoms with Gasteiger partial charge in [0.15, 0.2) is 5.82 Å². The highest BCUT2D eigenvalue weighted by atomic mass is 35.5. The Balaban J connectivity index is 1.84. The highest BCUT2D eigenvalue weighted by Crippen LogP contribution is 2.50. The zero-order chi connectivity index (χ0) is 13.0. The van der Waals surface area contributed by atoms with E-state index in [-0.39, 0.29) is 5.54 Å². The van der Waals surface area contributed by atoms with Crippen molar-refractivity contribution in [2.45, 2.75) is 31.2 Å². The maximum atomic E-state index is 11.7. The van der Waals surface area contributed by atoms with Crippen LogP contribution >= 0.6 is 11.6 Å². The van der Waals surface area contributed by atoms with Crippen molar-refractivity contribution in [3.8, 4) is 0 Å². The van der Waals surface area contributed by atoms with Crippen LogP contribution in [0.4, 0.5) is 5.82 Å². The van der Waals surface area contributed by atoms with Crippen molar-refractivity contribution in [1.29, 1.82) is 0 Å². The van der Waals surface area contributed by atoms with E-state index in [9.17, 15) is 4.79 Å². The zero-order valence-electron chi connectivity index (χ0n) is 10.4. The van der Waals surface area contributed by atoms with Crippen LogP contribution in [0.15, 0.2) is 18.2 Å². The number of Topliss-reactive ketones (excluding diaryl/α,β-unsaturated/α-hetero) is 1. The first kappa shape index (κ1) is 11.3. The minimum atomic E-state index is 0.0244. The average Bonchev–Trinajstić information content (AvgIpc) is 3.00. The molecule has 2 fully saturated rings. The van der Waals surface area contributed by atoms with Crippen LogP contribution in [0.2, 0.25) is 5.02 Å². The van der Waals surface area contributed by atoms with E-state index in [1.54, 1.807) is 0 Å². The first-order valence-electron chi connectivity index (χ1n) is 6.62.